The fourth-order valence-corrected chi connectivity index (χ4v) is 3.35. The van der Waals surface area contributed by atoms with Crippen LogP contribution in [0.4, 0.5) is 0 Å². The normalized spacial score (nSPS) is 37.2. The lowest BCUT2D eigenvalue weighted by molar-refractivity contribution is -0.0180. The quantitative estimate of drug-likeness (QED) is 0.813. The third-order valence-corrected chi connectivity index (χ3v) is 4.45. The Labute approximate surface area is 106 Å². The molecule has 1 N–H and O–H groups in total. The van der Waals surface area contributed by atoms with Gasteiger partial charge in [0.2, 0.25) is 0 Å². The van der Waals surface area contributed by atoms with Crippen molar-refractivity contribution in [2.75, 3.05) is 33.2 Å². The Hall–Kier alpha value is -0.120. The van der Waals surface area contributed by atoms with Crippen molar-refractivity contribution >= 4 is 0 Å². The van der Waals surface area contributed by atoms with E-state index in [-0.39, 0.29) is 0 Å². The first kappa shape index (κ1) is 13.3. The fourth-order valence-electron chi connectivity index (χ4n) is 3.35. The Morgan fingerprint density at radius 1 is 1.24 bits per heavy atom. The van der Waals surface area contributed by atoms with Crippen LogP contribution in [0.3, 0.4) is 0 Å². The van der Waals surface area contributed by atoms with Gasteiger partial charge in [0.15, 0.2) is 0 Å². The van der Waals surface area contributed by atoms with Crippen molar-refractivity contribution in [2.24, 2.45) is 0 Å². The molecule has 0 aromatic heterocycles. The summed E-state index contributed by atoms with van der Waals surface area (Å²) in [5, 5.41) is 10.1. The molecule has 3 heteroatoms. The summed E-state index contributed by atoms with van der Waals surface area (Å²) in [5.41, 5.74) is -0.448. The van der Waals surface area contributed by atoms with Crippen LogP contribution in [-0.2, 0) is 0 Å². The Balaban J connectivity index is 1.73. The Morgan fingerprint density at radius 3 is 2.76 bits per heavy atom. The molecule has 2 aliphatic heterocycles. The van der Waals surface area contributed by atoms with E-state index >= 15 is 0 Å². The molecule has 0 amide bonds. The average molecular weight is 240 g/mol. The van der Waals surface area contributed by atoms with E-state index in [2.05, 4.69) is 16.8 Å². The second kappa shape index (κ2) is 5.68. The first-order valence-corrected chi connectivity index (χ1v) is 7.22. The van der Waals surface area contributed by atoms with Gasteiger partial charge in [-0.1, -0.05) is 6.42 Å². The van der Waals surface area contributed by atoms with E-state index in [1.807, 2.05) is 6.92 Å². The van der Waals surface area contributed by atoms with E-state index in [1.165, 1.54) is 38.8 Å². The van der Waals surface area contributed by atoms with Crippen LogP contribution in [0.15, 0.2) is 0 Å². The Kier molecular flexibility index (Phi) is 4.45. The van der Waals surface area contributed by atoms with Crippen LogP contribution in [-0.4, -0.2) is 59.8 Å². The zero-order chi connectivity index (χ0) is 12.3. The monoisotopic (exact) mass is 240 g/mol. The van der Waals surface area contributed by atoms with Gasteiger partial charge in [0.1, 0.15) is 0 Å². The summed E-state index contributed by atoms with van der Waals surface area (Å²) in [4.78, 5) is 4.97. The third kappa shape index (κ3) is 3.94. The molecule has 2 rings (SSSR count). The first-order valence-electron chi connectivity index (χ1n) is 7.22. The molecule has 2 saturated heterocycles. The van der Waals surface area contributed by atoms with Crippen LogP contribution >= 0.6 is 0 Å². The molecule has 2 atom stereocenters. The van der Waals surface area contributed by atoms with Crippen LogP contribution in [0.2, 0.25) is 0 Å². The van der Waals surface area contributed by atoms with Crippen molar-refractivity contribution in [1.29, 1.82) is 0 Å². The summed E-state index contributed by atoms with van der Waals surface area (Å²) in [6.07, 6.45) is 7.51. The predicted octanol–water partition coefficient (Wildman–Crippen LogP) is 1.71. The molecule has 2 unspecified atom stereocenters. The number of likely N-dealkylation sites (tertiary alicyclic amines) is 2. The maximum atomic E-state index is 10.1. The van der Waals surface area contributed by atoms with E-state index in [4.69, 9.17) is 0 Å². The van der Waals surface area contributed by atoms with E-state index in [1.54, 1.807) is 0 Å². The third-order valence-electron chi connectivity index (χ3n) is 4.45. The number of hydrogen-bond acceptors (Lipinski definition) is 3. The number of hydrogen-bond donors (Lipinski definition) is 1. The highest BCUT2D eigenvalue weighted by Gasteiger charge is 2.28. The summed E-state index contributed by atoms with van der Waals surface area (Å²) < 4.78 is 0. The van der Waals surface area contributed by atoms with E-state index in [0.29, 0.717) is 0 Å². The van der Waals surface area contributed by atoms with Crippen molar-refractivity contribution in [3.05, 3.63) is 0 Å². The molecule has 100 valence electrons. The topological polar surface area (TPSA) is 26.7 Å². The Bertz CT molecular complexity index is 242. The maximum absolute atomic E-state index is 10.1. The lowest BCUT2D eigenvalue weighted by Crippen LogP contribution is -2.47. The molecule has 2 heterocycles. The standard InChI is InChI=1S/C14H28N2O/c1-14(17)8-5-10-16(12-14)11-7-13-6-3-4-9-15(13)2/h13,17H,3-12H2,1-2H3. The number of piperidine rings is 2. The number of β-amino-alcohol motifs (C(OH)–C–C–N with tert-alkyl or cyclic N) is 1. The van der Waals surface area contributed by atoms with E-state index < -0.39 is 5.60 Å². The van der Waals surface area contributed by atoms with Gasteiger partial charge in [-0.15, -0.1) is 0 Å². The summed E-state index contributed by atoms with van der Waals surface area (Å²) in [7, 11) is 2.26. The van der Waals surface area contributed by atoms with Gasteiger partial charge < -0.3 is 14.9 Å². The van der Waals surface area contributed by atoms with Gasteiger partial charge in [0.05, 0.1) is 5.60 Å². The zero-order valence-corrected chi connectivity index (χ0v) is 11.5. The summed E-state index contributed by atoms with van der Waals surface area (Å²) in [6, 6.07) is 0.774. The minimum Gasteiger partial charge on any atom is -0.389 e. The second-order valence-electron chi connectivity index (χ2n) is 6.30. The van der Waals surface area contributed by atoms with Crippen molar-refractivity contribution in [3.8, 4) is 0 Å². The van der Waals surface area contributed by atoms with Gasteiger partial charge in [0, 0.05) is 12.6 Å². The van der Waals surface area contributed by atoms with Crippen molar-refractivity contribution in [3.63, 3.8) is 0 Å². The predicted molar refractivity (Wildman–Crippen MR) is 71.2 cm³/mol. The van der Waals surface area contributed by atoms with Gasteiger partial charge in [-0.25, -0.2) is 0 Å². The number of aliphatic hydroxyl groups is 1. The van der Waals surface area contributed by atoms with Gasteiger partial charge in [0.25, 0.3) is 0 Å². The summed E-state index contributed by atoms with van der Waals surface area (Å²) in [5.74, 6) is 0. The summed E-state index contributed by atoms with van der Waals surface area (Å²) in [6.45, 7) is 6.44. The molecule has 17 heavy (non-hydrogen) atoms. The summed E-state index contributed by atoms with van der Waals surface area (Å²) >= 11 is 0. The molecule has 0 aromatic rings. The van der Waals surface area contributed by atoms with Gasteiger partial charge in [-0.05, 0) is 65.7 Å². The van der Waals surface area contributed by atoms with Crippen LogP contribution in [0, 0.1) is 0 Å². The molecular weight excluding hydrogens is 212 g/mol. The zero-order valence-electron chi connectivity index (χ0n) is 11.5. The average Bonchev–Trinajstić information content (AvgIpc) is 2.27. The van der Waals surface area contributed by atoms with Gasteiger partial charge in [-0.2, -0.15) is 0 Å². The van der Waals surface area contributed by atoms with Crippen molar-refractivity contribution < 1.29 is 5.11 Å². The minimum absolute atomic E-state index is 0.448. The van der Waals surface area contributed by atoms with Crippen LogP contribution < -0.4 is 0 Å². The SMILES string of the molecule is CN1CCCCC1CCN1CCCC(C)(O)C1. The van der Waals surface area contributed by atoms with E-state index in [0.717, 1.165) is 32.0 Å². The molecule has 0 saturated carbocycles. The molecule has 0 aromatic carbocycles. The number of nitrogens with zero attached hydrogens (tertiary/aromatic N) is 2. The van der Waals surface area contributed by atoms with Crippen LogP contribution in [0.1, 0.15) is 45.4 Å². The fraction of sp³-hybridized carbons (Fsp3) is 1.00. The van der Waals surface area contributed by atoms with Gasteiger partial charge in [-0.3, -0.25) is 0 Å². The molecule has 2 aliphatic rings. The molecular formula is C14H28N2O. The largest absolute Gasteiger partial charge is 0.389 e. The highest BCUT2D eigenvalue weighted by atomic mass is 16.3. The molecule has 3 nitrogen and oxygen atoms in total. The highest BCUT2D eigenvalue weighted by molar-refractivity contribution is 4.84. The van der Waals surface area contributed by atoms with Crippen LogP contribution in [0.25, 0.3) is 0 Å². The second-order valence-corrected chi connectivity index (χ2v) is 6.30. The molecule has 0 aliphatic carbocycles. The van der Waals surface area contributed by atoms with Crippen molar-refractivity contribution in [2.45, 2.75) is 57.1 Å². The molecule has 0 spiro atoms. The first-order chi connectivity index (χ1) is 8.07. The molecule has 0 radical (unpaired) electrons. The molecule has 0 bridgehead atoms. The van der Waals surface area contributed by atoms with Crippen LogP contribution in [0.5, 0.6) is 0 Å². The smallest absolute Gasteiger partial charge is 0.0746 e. The van der Waals surface area contributed by atoms with Gasteiger partial charge >= 0.3 is 0 Å². The lowest BCUT2D eigenvalue weighted by atomic mass is 9.94. The maximum Gasteiger partial charge on any atom is 0.0746 e. The Morgan fingerprint density at radius 2 is 2.06 bits per heavy atom. The molecule has 2 fully saturated rings. The van der Waals surface area contributed by atoms with Crippen molar-refractivity contribution in [1.82, 2.24) is 9.80 Å². The highest BCUT2D eigenvalue weighted by Crippen LogP contribution is 2.22. The lowest BCUT2D eigenvalue weighted by Gasteiger charge is -2.39. The minimum atomic E-state index is -0.448. The van der Waals surface area contributed by atoms with E-state index in [9.17, 15) is 5.11 Å². The number of rotatable bonds is 3.